The number of benzene rings is 1. The van der Waals surface area contributed by atoms with Crippen molar-refractivity contribution in [2.75, 3.05) is 6.54 Å². The van der Waals surface area contributed by atoms with Gasteiger partial charge >= 0.3 is 0 Å². The largest absolute Gasteiger partial charge is 0.479 e. The Labute approximate surface area is 183 Å². The molecular weight excluding hydrogens is 465 g/mol. The van der Waals surface area contributed by atoms with E-state index in [-0.39, 0.29) is 24.1 Å². The zero-order valence-corrected chi connectivity index (χ0v) is 17.5. The summed E-state index contributed by atoms with van der Waals surface area (Å²) in [5.74, 6) is -8.35. The zero-order valence-electron chi connectivity index (χ0n) is 15.9. The van der Waals surface area contributed by atoms with Gasteiger partial charge in [-0.05, 0) is 25.5 Å². The second-order valence-electron chi connectivity index (χ2n) is 6.37. The SMILES string of the molecule is Cc1nn(CCCNC(=O)c2ccc(COc3c(F)c(F)cc(F)c3F)o2)c(Cl)c1Cl. The van der Waals surface area contributed by atoms with Crippen molar-refractivity contribution in [1.82, 2.24) is 15.1 Å². The predicted molar refractivity (Wildman–Crippen MR) is 103 cm³/mol. The van der Waals surface area contributed by atoms with Crippen LogP contribution in [0.1, 0.15) is 28.4 Å². The van der Waals surface area contributed by atoms with E-state index < -0.39 is 41.5 Å². The van der Waals surface area contributed by atoms with E-state index in [2.05, 4.69) is 10.4 Å². The second-order valence-corrected chi connectivity index (χ2v) is 7.11. The van der Waals surface area contributed by atoms with Gasteiger partial charge in [-0.1, -0.05) is 23.2 Å². The number of carbonyl (C=O) groups is 1. The van der Waals surface area contributed by atoms with Crippen LogP contribution in [-0.4, -0.2) is 22.2 Å². The van der Waals surface area contributed by atoms with Crippen molar-refractivity contribution in [2.45, 2.75) is 26.5 Å². The minimum absolute atomic E-state index is 0.0158. The number of rotatable bonds is 8. The summed E-state index contributed by atoms with van der Waals surface area (Å²) in [5, 5.41) is 7.47. The molecule has 0 fully saturated rings. The van der Waals surface area contributed by atoms with Crippen LogP contribution in [0, 0.1) is 30.2 Å². The zero-order chi connectivity index (χ0) is 22.7. The highest BCUT2D eigenvalue weighted by atomic mass is 35.5. The molecule has 0 bridgehead atoms. The molecule has 0 saturated heterocycles. The van der Waals surface area contributed by atoms with Crippen LogP contribution in [0.2, 0.25) is 10.2 Å². The summed E-state index contributed by atoms with van der Waals surface area (Å²) in [6.45, 7) is 1.86. The molecule has 3 rings (SSSR count). The summed E-state index contributed by atoms with van der Waals surface area (Å²) in [5.41, 5.74) is 0.599. The molecule has 0 atom stereocenters. The fraction of sp³-hybridized carbons (Fsp3) is 0.263. The number of furan rings is 1. The number of hydrogen-bond acceptors (Lipinski definition) is 4. The molecule has 0 aliphatic heterocycles. The number of carbonyl (C=O) groups excluding carboxylic acids is 1. The molecule has 1 amide bonds. The van der Waals surface area contributed by atoms with Gasteiger partial charge in [-0.2, -0.15) is 13.9 Å². The first kappa shape index (κ1) is 23.0. The first-order valence-electron chi connectivity index (χ1n) is 8.90. The van der Waals surface area contributed by atoms with Crippen molar-refractivity contribution >= 4 is 29.1 Å². The molecule has 31 heavy (non-hydrogen) atoms. The average molecular weight is 480 g/mol. The van der Waals surface area contributed by atoms with Gasteiger partial charge in [-0.3, -0.25) is 9.48 Å². The van der Waals surface area contributed by atoms with Gasteiger partial charge in [0.05, 0.1) is 5.69 Å². The van der Waals surface area contributed by atoms with Crippen LogP contribution in [0.4, 0.5) is 17.6 Å². The number of aryl methyl sites for hydroxylation is 2. The number of amides is 1. The van der Waals surface area contributed by atoms with E-state index in [0.29, 0.717) is 28.8 Å². The van der Waals surface area contributed by atoms with Crippen molar-refractivity contribution < 1.29 is 31.5 Å². The van der Waals surface area contributed by atoms with Crippen LogP contribution in [0.5, 0.6) is 5.75 Å². The summed E-state index contributed by atoms with van der Waals surface area (Å²) >= 11 is 12.0. The molecule has 0 spiro atoms. The summed E-state index contributed by atoms with van der Waals surface area (Å²) in [6.07, 6.45) is 0.503. The average Bonchev–Trinajstić information content (AvgIpc) is 3.30. The van der Waals surface area contributed by atoms with Crippen LogP contribution in [0.25, 0.3) is 0 Å². The lowest BCUT2D eigenvalue weighted by molar-refractivity contribution is 0.0920. The third-order valence-corrected chi connectivity index (χ3v) is 5.08. The van der Waals surface area contributed by atoms with Gasteiger partial charge in [-0.15, -0.1) is 0 Å². The number of halogens is 6. The Morgan fingerprint density at radius 1 is 1.19 bits per heavy atom. The monoisotopic (exact) mass is 479 g/mol. The van der Waals surface area contributed by atoms with Crippen LogP contribution < -0.4 is 10.1 Å². The molecule has 0 saturated carbocycles. The number of nitrogens with zero attached hydrogens (tertiary/aromatic N) is 2. The fourth-order valence-corrected chi connectivity index (χ4v) is 2.99. The lowest BCUT2D eigenvalue weighted by Gasteiger charge is -2.08. The third kappa shape index (κ3) is 5.13. The fourth-order valence-electron chi connectivity index (χ4n) is 2.60. The maximum absolute atomic E-state index is 13.6. The smallest absolute Gasteiger partial charge is 0.286 e. The molecule has 166 valence electrons. The van der Waals surface area contributed by atoms with Gasteiger partial charge in [0.1, 0.15) is 22.5 Å². The minimum atomic E-state index is -1.67. The Hall–Kier alpha value is -2.72. The first-order chi connectivity index (χ1) is 14.7. The second kappa shape index (κ2) is 9.61. The Morgan fingerprint density at radius 2 is 1.87 bits per heavy atom. The summed E-state index contributed by atoms with van der Waals surface area (Å²) in [4.78, 5) is 12.1. The van der Waals surface area contributed by atoms with Crippen molar-refractivity contribution in [3.05, 3.63) is 68.9 Å². The van der Waals surface area contributed by atoms with E-state index in [1.54, 1.807) is 6.92 Å². The topological polar surface area (TPSA) is 69.3 Å². The summed E-state index contributed by atoms with van der Waals surface area (Å²) < 4.78 is 65.1. The summed E-state index contributed by atoms with van der Waals surface area (Å²) in [7, 11) is 0. The Balaban J connectivity index is 1.51. The van der Waals surface area contributed by atoms with Crippen molar-refractivity contribution in [3.63, 3.8) is 0 Å². The Morgan fingerprint density at radius 3 is 2.48 bits per heavy atom. The number of aromatic nitrogens is 2. The predicted octanol–water partition coefficient (Wildman–Crippen LogP) is 5.05. The third-order valence-electron chi connectivity index (χ3n) is 4.14. The van der Waals surface area contributed by atoms with Crippen LogP contribution in [0.15, 0.2) is 22.6 Å². The van der Waals surface area contributed by atoms with Crippen molar-refractivity contribution in [1.29, 1.82) is 0 Å². The van der Waals surface area contributed by atoms with Gasteiger partial charge in [0.15, 0.2) is 23.1 Å². The van der Waals surface area contributed by atoms with Crippen molar-refractivity contribution in [3.8, 4) is 5.75 Å². The first-order valence-corrected chi connectivity index (χ1v) is 9.65. The lowest BCUT2D eigenvalue weighted by Crippen LogP contribution is -2.25. The maximum atomic E-state index is 13.6. The van der Waals surface area contributed by atoms with E-state index in [0.717, 1.165) is 0 Å². The molecule has 0 unspecified atom stereocenters. The Bertz CT molecular complexity index is 1090. The molecule has 2 aromatic heterocycles. The van der Waals surface area contributed by atoms with Gasteiger partial charge < -0.3 is 14.5 Å². The highest BCUT2D eigenvalue weighted by molar-refractivity contribution is 6.41. The van der Waals surface area contributed by atoms with Gasteiger partial charge in [0, 0.05) is 19.2 Å². The number of hydrogen-bond donors (Lipinski definition) is 1. The molecule has 2 heterocycles. The molecule has 0 aliphatic rings. The minimum Gasteiger partial charge on any atom is -0.479 e. The van der Waals surface area contributed by atoms with E-state index in [4.69, 9.17) is 32.4 Å². The molecule has 1 aromatic carbocycles. The van der Waals surface area contributed by atoms with Crippen molar-refractivity contribution in [2.24, 2.45) is 0 Å². The molecule has 1 N–H and O–H groups in total. The van der Waals surface area contributed by atoms with E-state index in [1.165, 1.54) is 16.8 Å². The van der Waals surface area contributed by atoms with Crippen LogP contribution in [-0.2, 0) is 13.2 Å². The highest BCUT2D eigenvalue weighted by Gasteiger charge is 2.21. The van der Waals surface area contributed by atoms with Gasteiger partial charge in [-0.25, -0.2) is 8.78 Å². The van der Waals surface area contributed by atoms with Crippen LogP contribution >= 0.6 is 23.2 Å². The molecular formula is C19H15Cl2F4N3O3. The lowest BCUT2D eigenvalue weighted by atomic mass is 10.3. The molecule has 12 heteroatoms. The van der Waals surface area contributed by atoms with E-state index in [1.807, 2.05) is 0 Å². The highest BCUT2D eigenvalue weighted by Crippen LogP contribution is 2.27. The number of nitrogens with one attached hydrogen (secondary N) is 1. The number of ether oxygens (including phenoxy) is 1. The van der Waals surface area contributed by atoms with Gasteiger partial charge in [0.25, 0.3) is 5.91 Å². The Kier molecular flexibility index (Phi) is 7.11. The standard InChI is InChI=1S/C19H15Cl2F4N3O3/c1-9-14(20)18(21)28(27-9)6-2-5-26-19(29)13-4-3-10(31-13)8-30-17-15(24)11(22)7-12(23)16(17)25/h3-4,7H,2,5-6,8H2,1H3,(H,26,29). The van der Waals surface area contributed by atoms with E-state index in [9.17, 15) is 22.4 Å². The molecule has 0 aliphatic carbocycles. The van der Waals surface area contributed by atoms with Gasteiger partial charge in [0.2, 0.25) is 11.6 Å². The molecule has 0 radical (unpaired) electrons. The summed E-state index contributed by atoms with van der Waals surface area (Å²) in [6, 6.07) is 2.72. The van der Waals surface area contributed by atoms with E-state index >= 15 is 0 Å². The quantitative estimate of drug-likeness (QED) is 0.279. The molecule has 3 aromatic rings. The normalized spacial score (nSPS) is 11.1. The van der Waals surface area contributed by atoms with Crippen LogP contribution in [0.3, 0.4) is 0 Å². The molecule has 6 nitrogen and oxygen atoms in total. The maximum Gasteiger partial charge on any atom is 0.286 e.